The molecular weight excluding hydrogens is 172 g/mol. The second-order valence-electron chi connectivity index (χ2n) is 3.89. The topological polar surface area (TPSA) is 47.9 Å². The lowest BCUT2D eigenvalue weighted by atomic mass is 9.89. The van der Waals surface area contributed by atoms with Crippen molar-refractivity contribution < 1.29 is 19.3 Å². The zero-order chi connectivity index (χ0) is 9.47. The molecular formula is C9H16O4. The van der Waals surface area contributed by atoms with Crippen molar-refractivity contribution in [2.24, 2.45) is 5.92 Å². The van der Waals surface area contributed by atoms with E-state index in [1.807, 2.05) is 6.92 Å². The molecule has 4 nitrogen and oxygen atoms in total. The lowest BCUT2D eigenvalue weighted by Gasteiger charge is -2.29. The average Bonchev–Trinajstić information content (AvgIpc) is 2.55. The molecule has 2 rings (SSSR count). The van der Waals surface area contributed by atoms with Gasteiger partial charge in [0.15, 0.2) is 0 Å². The van der Waals surface area contributed by atoms with Gasteiger partial charge in [-0.15, -0.1) is 0 Å². The van der Waals surface area contributed by atoms with Gasteiger partial charge >= 0.3 is 0 Å². The molecule has 0 aromatic carbocycles. The highest BCUT2D eigenvalue weighted by Crippen LogP contribution is 2.44. The summed E-state index contributed by atoms with van der Waals surface area (Å²) in [6, 6.07) is 0. The van der Waals surface area contributed by atoms with Crippen LogP contribution in [0.5, 0.6) is 0 Å². The molecule has 13 heavy (non-hydrogen) atoms. The highest BCUT2D eigenvalue weighted by atomic mass is 16.6. The Bertz CT molecular complexity index is 196. The smallest absolute Gasteiger partial charge is 0.123 e. The van der Waals surface area contributed by atoms with E-state index >= 15 is 0 Å². The van der Waals surface area contributed by atoms with Gasteiger partial charge in [0.1, 0.15) is 5.60 Å². The number of hydrogen-bond donors (Lipinski definition) is 1. The second-order valence-corrected chi connectivity index (χ2v) is 3.89. The zero-order valence-corrected chi connectivity index (χ0v) is 8.03. The summed E-state index contributed by atoms with van der Waals surface area (Å²) in [5.74, 6) is 0.0717. The molecule has 76 valence electrons. The minimum absolute atomic E-state index is 0.0418. The Labute approximate surface area is 77.8 Å². The van der Waals surface area contributed by atoms with Gasteiger partial charge in [0, 0.05) is 13.0 Å². The summed E-state index contributed by atoms with van der Waals surface area (Å²) in [7, 11) is 1.64. The van der Waals surface area contributed by atoms with E-state index in [1.54, 1.807) is 7.11 Å². The van der Waals surface area contributed by atoms with E-state index in [9.17, 15) is 5.11 Å². The first-order valence-corrected chi connectivity index (χ1v) is 4.63. The third-order valence-electron chi connectivity index (χ3n) is 3.06. The monoisotopic (exact) mass is 188 g/mol. The van der Waals surface area contributed by atoms with Gasteiger partial charge in [-0.25, -0.2) is 0 Å². The van der Waals surface area contributed by atoms with E-state index < -0.39 is 5.60 Å². The third kappa shape index (κ3) is 1.21. The molecule has 0 radical (unpaired) electrons. The van der Waals surface area contributed by atoms with Crippen molar-refractivity contribution in [3.63, 3.8) is 0 Å². The summed E-state index contributed by atoms with van der Waals surface area (Å²) in [4.78, 5) is 0. The molecule has 1 N–H and O–H groups in total. The van der Waals surface area contributed by atoms with Crippen LogP contribution in [-0.2, 0) is 14.2 Å². The van der Waals surface area contributed by atoms with Crippen LogP contribution in [0.15, 0.2) is 0 Å². The van der Waals surface area contributed by atoms with Gasteiger partial charge in [-0.2, -0.15) is 0 Å². The Kier molecular flexibility index (Phi) is 2.32. The quantitative estimate of drug-likeness (QED) is 0.666. The highest BCUT2D eigenvalue weighted by molar-refractivity contribution is 5.05. The molecule has 4 atom stereocenters. The summed E-state index contributed by atoms with van der Waals surface area (Å²) in [5, 5.41) is 9.24. The Hall–Kier alpha value is -0.160. The van der Waals surface area contributed by atoms with E-state index in [-0.39, 0.29) is 24.7 Å². The van der Waals surface area contributed by atoms with Crippen molar-refractivity contribution in [1.82, 2.24) is 0 Å². The van der Waals surface area contributed by atoms with Crippen LogP contribution >= 0.6 is 0 Å². The molecule has 0 saturated carbocycles. The SMILES string of the molecule is COCC12COC(C(C)O1)C2CO. The second kappa shape index (κ2) is 3.20. The zero-order valence-electron chi connectivity index (χ0n) is 8.03. The number of rotatable bonds is 3. The van der Waals surface area contributed by atoms with Crippen molar-refractivity contribution in [2.45, 2.75) is 24.7 Å². The maximum atomic E-state index is 9.24. The van der Waals surface area contributed by atoms with Crippen LogP contribution in [0.4, 0.5) is 0 Å². The van der Waals surface area contributed by atoms with Crippen LogP contribution < -0.4 is 0 Å². The molecule has 0 aromatic heterocycles. The van der Waals surface area contributed by atoms with Crippen LogP contribution in [0.2, 0.25) is 0 Å². The van der Waals surface area contributed by atoms with Crippen LogP contribution in [0.25, 0.3) is 0 Å². The predicted molar refractivity (Wildman–Crippen MR) is 45.5 cm³/mol. The summed E-state index contributed by atoms with van der Waals surface area (Å²) in [6.45, 7) is 3.13. The highest BCUT2D eigenvalue weighted by Gasteiger charge is 2.59. The summed E-state index contributed by atoms with van der Waals surface area (Å²) < 4.78 is 16.5. The van der Waals surface area contributed by atoms with Gasteiger partial charge in [-0.1, -0.05) is 0 Å². The molecule has 4 unspecified atom stereocenters. The largest absolute Gasteiger partial charge is 0.396 e. The lowest BCUT2D eigenvalue weighted by molar-refractivity contribution is -0.157. The van der Waals surface area contributed by atoms with E-state index in [0.717, 1.165) is 0 Å². The molecule has 2 saturated heterocycles. The van der Waals surface area contributed by atoms with Gasteiger partial charge in [-0.05, 0) is 6.92 Å². The number of aliphatic hydroxyl groups excluding tert-OH is 1. The molecule has 4 heteroatoms. The van der Waals surface area contributed by atoms with Gasteiger partial charge < -0.3 is 19.3 Å². The fraction of sp³-hybridized carbons (Fsp3) is 1.00. The maximum Gasteiger partial charge on any atom is 0.123 e. The maximum absolute atomic E-state index is 9.24. The number of aliphatic hydroxyl groups is 1. The summed E-state index contributed by atoms with van der Waals surface area (Å²) in [5.41, 5.74) is -0.395. The molecule has 2 aliphatic heterocycles. The van der Waals surface area contributed by atoms with Crippen molar-refractivity contribution in [2.75, 3.05) is 26.9 Å². The van der Waals surface area contributed by atoms with Crippen molar-refractivity contribution in [3.8, 4) is 0 Å². The minimum Gasteiger partial charge on any atom is -0.396 e. The van der Waals surface area contributed by atoms with Crippen LogP contribution in [-0.4, -0.2) is 49.8 Å². The summed E-state index contributed by atoms with van der Waals surface area (Å²) >= 11 is 0. The normalized spacial score (nSPS) is 48.7. The number of fused-ring (bicyclic) bond motifs is 2. The Balaban J connectivity index is 2.17. The molecule has 0 aliphatic carbocycles. The van der Waals surface area contributed by atoms with Crippen molar-refractivity contribution in [3.05, 3.63) is 0 Å². The van der Waals surface area contributed by atoms with E-state index in [2.05, 4.69) is 0 Å². The number of ether oxygens (including phenoxy) is 3. The van der Waals surface area contributed by atoms with E-state index in [0.29, 0.717) is 13.2 Å². The van der Waals surface area contributed by atoms with Crippen LogP contribution in [0.1, 0.15) is 6.92 Å². The average molecular weight is 188 g/mol. The van der Waals surface area contributed by atoms with Crippen LogP contribution in [0, 0.1) is 5.92 Å². The van der Waals surface area contributed by atoms with Crippen LogP contribution in [0.3, 0.4) is 0 Å². The molecule has 2 bridgehead atoms. The number of methoxy groups -OCH3 is 1. The first-order valence-electron chi connectivity index (χ1n) is 4.63. The fourth-order valence-corrected chi connectivity index (χ4v) is 2.48. The van der Waals surface area contributed by atoms with E-state index in [1.165, 1.54) is 0 Å². The van der Waals surface area contributed by atoms with Gasteiger partial charge in [0.25, 0.3) is 0 Å². The van der Waals surface area contributed by atoms with E-state index in [4.69, 9.17) is 14.2 Å². The number of hydrogen-bond acceptors (Lipinski definition) is 4. The van der Waals surface area contributed by atoms with Crippen molar-refractivity contribution in [1.29, 1.82) is 0 Å². The third-order valence-corrected chi connectivity index (χ3v) is 3.06. The molecule has 0 spiro atoms. The molecule has 0 aromatic rings. The molecule has 0 amide bonds. The molecule has 2 heterocycles. The lowest BCUT2D eigenvalue weighted by Crippen LogP contribution is -2.43. The predicted octanol–water partition coefficient (Wildman–Crippen LogP) is -0.202. The van der Waals surface area contributed by atoms with Gasteiger partial charge in [0.2, 0.25) is 0 Å². The van der Waals surface area contributed by atoms with Gasteiger partial charge in [-0.3, -0.25) is 0 Å². The minimum atomic E-state index is -0.395. The Morgan fingerprint density at radius 1 is 1.62 bits per heavy atom. The molecule has 2 aliphatic rings. The molecule has 2 fully saturated rings. The standard InChI is InChI=1S/C9H16O4/c1-6-8-7(3-10)9(13-6,4-11-2)5-12-8/h6-8,10H,3-5H2,1-2H3. The van der Waals surface area contributed by atoms with Crippen molar-refractivity contribution >= 4 is 0 Å². The first kappa shape index (κ1) is 9.40. The summed E-state index contributed by atoms with van der Waals surface area (Å²) in [6.07, 6.45) is 0.112. The first-order chi connectivity index (χ1) is 6.23. The van der Waals surface area contributed by atoms with Gasteiger partial charge in [0.05, 0.1) is 32.0 Å². The fourth-order valence-electron chi connectivity index (χ4n) is 2.48. The Morgan fingerprint density at radius 3 is 2.92 bits per heavy atom. The Morgan fingerprint density at radius 2 is 2.38 bits per heavy atom.